The first-order valence-electron chi connectivity index (χ1n) is 12.8. The summed E-state index contributed by atoms with van der Waals surface area (Å²) in [6, 6.07) is 3.71. The first kappa shape index (κ1) is 31.8. The van der Waals surface area contributed by atoms with Crippen LogP contribution in [0.1, 0.15) is 30.5 Å². The quantitative estimate of drug-likeness (QED) is 0.186. The van der Waals surface area contributed by atoms with E-state index in [1.54, 1.807) is 0 Å². The Morgan fingerprint density at radius 3 is 2.64 bits per heavy atom. The minimum atomic E-state index is -4.41. The highest BCUT2D eigenvalue weighted by Gasteiger charge is 2.27. The van der Waals surface area contributed by atoms with E-state index in [-0.39, 0.29) is 43.1 Å². The second-order valence-electron chi connectivity index (χ2n) is 9.62. The number of aryl methyl sites for hydroxylation is 1. The molecular formula is C27H30F4N6O5. The molecule has 0 aliphatic heterocycles. The lowest BCUT2D eigenvalue weighted by Crippen LogP contribution is -2.37. The number of benzene rings is 1. The number of carbonyl (C=O) groups excluding carboxylic acids is 2. The molecule has 0 spiro atoms. The number of hydrogen-bond acceptors (Lipinski definition) is 5. The van der Waals surface area contributed by atoms with Gasteiger partial charge in [-0.3, -0.25) is 19.0 Å². The molecule has 0 saturated heterocycles. The zero-order chi connectivity index (χ0) is 31.0. The SMILES string of the molecule is CNC(=O)/C=C/CC[C@@H](CN(C)C(=O)O)C(=O)Nc1cncn(Cc2cc3cc(F)cc(CCC(F)(F)F)c3[nH]2)c1=O. The molecular weight excluding hydrogens is 564 g/mol. The van der Waals surface area contributed by atoms with Crippen LogP contribution in [-0.4, -0.2) is 69.3 Å². The number of hydrogen-bond donors (Lipinski definition) is 4. The first-order valence-corrected chi connectivity index (χ1v) is 12.8. The lowest BCUT2D eigenvalue weighted by molar-refractivity contribution is -0.134. The summed E-state index contributed by atoms with van der Waals surface area (Å²) in [7, 11) is 2.75. The van der Waals surface area contributed by atoms with Crippen LogP contribution in [0, 0.1) is 11.7 Å². The van der Waals surface area contributed by atoms with Crippen molar-refractivity contribution in [3.63, 3.8) is 0 Å². The molecule has 0 saturated carbocycles. The number of nitrogens with zero attached hydrogens (tertiary/aromatic N) is 3. The topological polar surface area (TPSA) is 149 Å². The summed E-state index contributed by atoms with van der Waals surface area (Å²) in [5.74, 6) is -2.54. The maximum absolute atomic E-state index is 14.1. The number of carboxylic acid groups (broad SMARTS) is 1. The fraction of sp³-hybridized carbons (Fsp3) is 0.370. The van der Waals surface area contributed by atoms with E-state index in [0.29, 0.717) is 16.6 Å². The van der Waals surface area contributed by atoms with Crippen LogP contribution in [0.2, 0.25) is 0 Å². The third-order valence-corrected chi connectivity index (χ3v) is 6.40. The van der Waals surface area contributed by atoms with E-state index in [0.717, 1.165) is 21.7 Å². The normalized spacial score (nSPS) is 12.4. The molecule has 3 rings (SSSR count). The van der Waals surface area contributed by atoms with Gasteiger partial charge in [-0.05, 0) is 49.1 Å². The molecule has 11 nitrogen and oxygen atoms in total. The van der Waals surface area contributed by atoms with Crippen molar-refractivity contribution in [1.82, 2.24) is 24.8 Å². The molecule has 0 aliphatic carbocycles. The standard InChI is InChI=1S/C27H30F4N6O5/c1-32-22(38)6-4-3-5-17(13-36(2)26(41)42)24(39)35-21-12-33-15-37(25(21)40)14-20-11-18-10-19(28)9-16(23(18)34-20)7-8-27(29,30)31/h4,6,9-12,15,17,34H,3,5,7-8,13-14H2,1-2H3,(H,32,38)(H,35,39)(H,41,42)/b6-4+/t17-/m0/s1. The van der Waals surface area contributed by atoms with Crippen LogP contribution in [-0.2, 0) is 22.6 Å². The number of carbonyl (C=O) groups is 3. The Bertz CT molecular complexity index is 1530. The Morgan fingerprint density at radius 2 is 1.98 bits per heavy atom. The summed E-state index contributed by atoms with van der Waals surface area (Å²) in [4.78, 5) is 56.7. The number of fused-ring (bicyclic) bond motifs is 1. The van der Waals surface area contributed by atoms with E-state index in [2.05, 4.69) is 20.6 Å². The van der Waals surface area contributed by atoms with Crippen molar-refractivity contribution in [1.29, 1.82) is 0 Å². The largest absolute Gasteiger partial charge is 0.465 e. The van der Waals surface area contributed by atoms with Gasteiger partial charge in [-0.1, -0.05) is 6.08 Å². The van der Waals surface area contributed by atoms with Crippen molar-refractivity contribution in [3.05, 3.63) is 70.3 Å². The second-order valence-corrected chi connectivity index (χ2v) is 9.62. The van der Waals surface area contributed by atoms with Gasteiger partial charge in [0, 0.05) is 43.7 Å². The Kier molecular flexibility index (Phi) is 10.4. The number of alkyl halides is 3. The number of allylic oxidation sites excluding steroid dienone is 1. The van der Waals surface area contributed by atoms with Gasteiger partial charge in [0.2, 0.25) is 11.8 Å². The Morgan fingerprint density at radius 1 is 1.24 bits per heavy atom. The van der Waals surface area contributed by atoms with Crippen LogP contribution < -0.4 is 16.2 Å². The Labute approximate surface area is 237 Å². The first-order chi connectivity index (χ1) is 19.8. The van der Waals surface area contributed by atoms with Gasteiger partial charge in [-0.25, -0.2) is 14.2 Å². The number of anilines is 1. The monoisotopic (exact) mass is 594 g/mol. The Hall–Kier alpha value is -4.69. The van der Waals surface area contributed by atoms with Gasteiger partial charge in [0.05, 0.1) is 25.0 Å². The molecule has 1 atom stereocenters. The van der Waals surface area contributed by atoms with Crippen molar-refractivity contribution < 1.29 is 37.1 Å². The zero-order valence-corrected chi connectivity index (χ0v) is 22.8. The van der Waals surface area contributed by atoms with Crippen LogP contribution >= 0.6 is 0 Å². The van der Waals surface area contributed by atoms with Gasteiger partial charge in [0.25, 0.3) is 5.56 Å². The van der Waals surface area contributed by atoms with E-state index < -0.39 is 48.3 Å². The summed E-state index contributed by atoms with van der Waals surface area (Å²) < 4.78 is 53.5. The number of amides is 3. The number of nitrogens with one attached hydrogen (secondary N) is 3. The van der Waals surface area contributed by atoms with Crippen molar-refractivity contribution in [3.8, 4) is 0 Å². The van der Waals surface area contributed by atoms with Crippen molar-refractivity contribution in [2.75, 3.05) is 26.0 Å². The number of aromatic amines is 1. The maximum atomic E-state index is 14.1. The zero-order valence-electron chi connectivity index (χ0n) is 22.8. The minimum absolute atomic E-state index is 0.111. The van der Waals surface area contributed by atoms with Crippen LogP contribution in [0.25, 0.3) is 10.9 Å². The van der Waals surface area contributed by atoms with E-state index in [4.69, 9.17) is 0 Å². The van der Waals surface area contributed by atoms with Crippen molar-refractivity contribution in [2.24, 2.45) is 5.92 Å². The van der Waals surface area contributed by atoms with Gasteiger partial charge in [0.15, 0.2) is 0 Å². The molecule has 3 aromatic rings. The van der Waals surface area contributed by atoms with Crippen LogP contribution in [0.3, 0.4) is 0 Å². The molecule has 42 heavy (non-hydrogen) atoms. The molecule has 15 heteroatoms. The molecule has 0 bridgehead atoms. The van der Waals surface area contributed by atoms with Crippen LogP contribution in [0.5, 0.6) is 0 Å². The highest BCUT2D eigenvalue weighted by atomic mass is 19.4. The van der Waals surface area contributed by atoms with Gasteiger partial charge < -0.3 is 25.6 Å². The average Bonchev–Trinajstić information content (AvgIpc) is 3.32. The summed E-state index contributed by atoms with van der Waals surface area (Å²) in [5, 5.41) is 14.5. The molecule has 3 amide bonds. The summed E-state index contributed by atoms with van der Waals surface area (Å²) in [5.41, 5.74) is 0.0180. The number of H-pyrrole nitrogens is 1. The van der Waals surface area contributed by atoms with E-state index in [1.165, 1.54) is 44.7 Å². The van der Waals surface area contributed by atoms with Gasteiger partial charge in [-0.2, -0.15) is 13.2 Å². The number of likely N-dealkylation sites (N-methyl/N-ethyl adjacent to an activating group) is 1. The maximum Gasteiger partial charge on any atom is 0.407 e. The summed E-state index contributed by atoms with van der Waals surface area (Å²) >= 11 is 0. The molecule has 1 aromatic carbocycles. The van der Waals surface area contributed by atoms with E-state index >= 15 is 0 Å². The third kappa shape index (κ3) is 8.91. The highest BCUT2D eigenvalue weighted by molar-refractivity contribution is 5.92. The van der Waals surface area contributed by atoms with E-state index in [1.807, 2.05) is 0 Å². The van der Waals surface area contributed by atoms with Crippen LogP contribution in [0.15, 0.2) is 47.7 Å². The number of halogens is 4. The number of aromatic nitrogens is 3. The summed E-state index contributed by atoms with van der Waals surface area (Å²) in [6.07, 6.45) is -1.61. The summed E-state index contributed by atoms with van der Waals surface area (Å²) in [6.45, 7) is -0.286. The molecule has 4 N–H and O–H groups in total. The molecule has 0 radical (unpaired) electrons. The van der Waals surface area contributed by atoms with Gasteiger partial charge in [0.1, 0.15) is 11.5 Å². The smallest absolute Gasteiger partial charge is 0.407 e. The second kappa shape index (κ2) is 13.8. The average molecular weight is 595 g/mol. The molecule has 2 aromatic heterocycles. The van der Waals surface area contributed by atoms with Crippen molar-refractivity contribution in [2.45, 2.75) is 38.4 Å². The minimum Gasteiger partial charge on any atom is -0.465 e. The highest BCUT2D eigenvalue weighted by Crippen LogP contribution is 2.27. The molecule has 0 aliphatic rings. The molecule has 0 fully saturated rings. The predicted octanol–water partition coefficient (Wildman–Crippen LogP) is 3.65. The molecule has 0 unspecified atom stereocenters. The van der Waals surface area contributed by atoms with Crippen molar-refractivity contribution >= 4 is 34.5 Å². The lowest BCUT2D eigenvalue weighted by Gasteiger charge is -2.21. The van der Waals surface area contributed by atoms with Gasteiger partial charge in [-0.15, -0.1) is 0 Å². The van der Waals surface area contributed by atoms with Crippen LogP contribution in [0.4, 0.5) is 28.0 Å². The number of rotatable bonds is 12. The molecule has 226 valence electrons. The van der Waals surface area contributed by atoms with E-state index in [9.17, 15) is 41.8 Å². The fourth-order valence-corrected chi connectivity index (χ4v) is 4.25. The van der Waals surface area contributed by atoms with Gasteiger partial charge >= 0.3 is 12.3 Å². The fourth-order valence-electron chi connectivity index (χ4n) is 4.25. The Balaban J connectivity index is 1.80. The lowest BCUT2D eigenvalue weighted by atomic mass is 10.0. The third-order valence-electron chi connectivity index (χ3n) is 6.40. The molecule has 2 heterocycles. The predicted molar refractivity (Wildman–Crippen MR) is 145 cm³/mol.